The van der Waals surface area contributed by atoms with Gasteiger partial charge in [0, 0.05) is 19.0 Å². The topological polar surface area (TPSA) is 169 Å². The Balaban J connectivity index is 2.00. The average molecular weight is 589 g/mol. The number of aliphatic hydroxyl groups is 4. The van der Waals surface area contributed by atoms with Crippen LogP contribution in [0.4, 0.5) is 0 Å². The van der Waals surface area contributed by atoms with Crippen molar-refractivity contribution in [1.29, 1.82) is 0 Å². The fourth-order valence-corrected chi connectivity index (χ4v) is 5.70. The van der Waals surface area contributed by atoms with Gasteiger partial charge in [-0.2, -0.15) is 0 Å². The van der Waals surface area contributed by atoms with E-state index in [1.54, 1.807) is 0 Å². The van der Waals surface area contributed by atoms with E-state index in [0.29, 0.717) is 19.4 Å². The summed E-state index contributed by atoms with van der Waals surface area (Å²) in [6.45, 7) is 2.04. The van der Waals surface area contributed by atoms with Crippen LogP contribution in [-0.4, -0.2) is 87.5 Å². The molecule has 0 radical (unpaired) electrons. The summed E-state index contributed by atoms with van der Waals surface area (Å²) in [7, 11) is -4.07. The molecule has 11 heteroatoms. The van der Waals surface area contributed by atoms with Crippen LogP contribution in [0.5, 0.6) is 0 Å². The molecule has 6 atom stereocenters. The van der Waals surface area contributed by atoms with Crippen LogP contribution in [-0.2, 0) is 13.9 Å². The second-order valence-corrected chi connectivity index (χ2v) is 12.3. The van der Waals surface area contributed by atoms with E-state index in [-0.39, 0.29) is 25.5 Å². The lowest BCUT2D eigenvalue weighted by molar-refractivity contribution is -0.121. The summed E-state index contributed by atoms with van der Waals surface area (Å²) >= 11 is 0. The molecule has 1 rings (SSSR count). The number of unbranched alkanes of at least 4 members (excludes halogenated alkanes) is 5. The van der Waals surface area contributed by atoms with Crippen molar-refractivity contribution in [2.45, 2.75) is 114 Å². The maximum absolute atomic E-state index is 12.2. The molecule has 0 bridgehead atoms. The molecule has 232 valence electrons. The summed E-state index contributed by atoms with van der Waals surface area (Å²) in [4.78, 5) is 22.0. The first kappa shape index (κ1) is 36.7. The van der Waals surface area contributed by atoms with E-state index in [9.17, 15) is 34.7 Å². The summed E-state index contributed by atoms with van der Waals surface area (Å²) in [5.74, 6) is -0.0465. The first-order valence-corrected chi connectivity index (χ1v) is 16.6. The van der Waals surface area contributed by atoms with Gasteiger partial charge in [0.25, 0.3) is 0 Å². The van der Waals surface area contributed by atoms with Crippen LogP contribution in [0, 0.1) is 0 Å². The zero-order valence-electron chi connectivity index (χ0n) is 24.1. The molecule has 0 aromatic heterocycles. The van der Waals surface area contributed by atoms with Gasteiger partial charge in [-0.15, -0.1) is 0 Å². The van der Waals surface area contributed by atoms with Crippen molar-refractivity contribution in [3.05, 3.63) is 36.5 Å². The number of aliphatic hydroxyl groups excluding tert-OH is 4. The largest absolute Gasteiger partial charge is 0.395 e. The van der Waals surface area contributed by atoms with Gasteiger partial charge in [0.2, 0.25) is 5.91 Å². The second kappa shape index (κ2) is 22.3. The molecule has 1 saturated heterocycles. The molecule has 0 aromatic rings. The summed E-state index contributed by atoms with van der Waals surface area (Å²) < 4.78 is 17.3. The SMILES string of the molecule is CC/C=C\C/C=C\C/C=C\CCCCCCCC(=O)NCCCOP(=O)(O)C[C@H](O)C[C@H]1N[C@H](CO)[C@@H](O)[C@@H]1O. The molecule has 40 heavy (non-hydrogen) atoms. The van der Waals surface area contributed by atoms with Crippen LogP contribution in [0.2, 0.25) is 0 Å². The summed E-state index contributed by atoms with van der Waals surface area (Å²) in [5, 5.41) is 44.7. The standard InChI is InChI=1S/C29H53N2O8P/c1-2-3-4-5-6-7-8-9-10-11-12-13-14-15-16-18-27(34)30-19-17-20-39-40(37,38)23-24(33)21-25-28(35)29(36)26(22-32)31-25/h3-4,6-7,9-10,24-26,28-29,31-33,35-36H,2,5,8,11-23H2,1H3,(H,30,34)(H,37,38)/b4-3-,7-6-,10-9-/t24-,25-,26-,28-,29-/m1/s1. The highest BCUT2D eigenvalue weighted by molar-refractivity contribution is 7.52. The van der Waals surface area contributed by atoms with Crippen molar-refractivity contribution in [2.24, 2.45) is 0 Å². The Bertz CT molecular complexity index is 807. The van der Waals surface area contributed by atoms with Gasteiger partial charge in [-0.25, -0.2) is 0 Å². The van der Waals surface area contributed by atoms with E-state index in [1.807, 2.05) is 0 Å². The summed E-state index contributed by atoms with van der Waals surface area (Å²) in [6, 6.07) is -1.43. The van der Waals surface area contributed by atoms with Gasteiger partial charge in [-0.3, -0.25) is 9.36 Å². The van der Waals surface area contributed by atoms with E-state index in [4.69, 9.17) is 4.52 Å². The highest BCUT2D eigenvalue weighted by Gasteiger charge is 2.41. The van der Waals surface area contributed by atoms with E-state index >= 15 is 0 Å². The maximum Gasteiger partial charge on any atom is 0.330 e. The molecule has 1 aliphatic rings. The normalized spacial score (nSPS) is 23.9. The van der Waals surface area contributed by atoms with E-state index in [1.165, 1.54) is 0 Å². The lowest BCUT2D eigenvalue weighted by atomic mass is 10.0. The van der Waals surface area contributed by atoms with Crippen LogP contribution >= 0.6 is 7.60 Å². The molecule has 7 N–H and O–H groups in total. The van der Waals surface area contributed by atoms with Gasteiger partial charge in [-0.1, -0.05) is 62.6 Å². The Morgan fingerprint density at radius 2 is 1.57 bits per heavy atom. The Hall–Kier alpha value is -1.36. The number of rotatable bonds is 23. The molecule has 1 heterocycles. The van der Waals surface area contributed by atoms with Gasteiger partial charge < -0.3 is 40.5 Å². The van der Waals surface area contributed by atoms with Gasteiger partial charge >= 0.3 is 7.60 Å². The third kappa shape index (κ3) is 17.5. The Morgan fingerprint density at radius 1 is 0.950 bits per heavy atom. The van der Waals surface area contributed by atoms with E-state index in [2.05, 4.69) is 54.0 Å². The molecular formula is C29H53N2O8P. The van der Waals surface area contributed by atoms with Crippen molar-refractivity contribution >= 4 is 13.5 Å². The number of nitrogens with one attached hydrogen (secondary N) is 2. The smallest absolute Gasteiger partial charge is 0.330 e. The van der Waals surface area contributed by atoms with Gasteiger partial charge in [0.05, 0.1) is 43.7 Å². The average Bonchev–Trinajstić information content (AvgIpc) is 3.17. The minimum atomic E-state index is -4.07. The number of hydrogen-bond donors (Lipinski definition) is 7. The highest BCUT2D eigenvalue weighted by atomic mass is 31.2. The molecule has 0 saturated carbocycles. The van der Waals surface area contributed by atoms with E-state index < -0.39 is 44.2 Å². The third-order valence-corrected chi connectivity index (χ3v) is 8.23. The molecule has 1 amide bonds. The first-order valence-electron chi connectivity index (χ1n) is 14.8. The summed E-state index contributed by atoms with van der Waals surface area (Å²) in [5.41, 5.74) is 0. The Labute approximate surface area is 240 Å². The summed E-state index contributed by atoms with van der Waals surface area (Å²) in [6.07, 6.45) is 19.2. The van der Waals surface area contributed by atoms with E-state index in [0.717, 1.165) is 57.8 Å². The zero-order valence-corrected chi connectivity index (χ0v) is 25.0. The van der Waals surface area contributed by atoms with Crippen LogP contribution in [0.1, 0.15) is 84.0 Å². The maximum atomic E-state index is 12.2. The van der Waals surface area contributed by atoms with Crippen molar-refractivity contribution in [3.63, 3.8) is 0 Å². The van der Waals surface area contributed by atoms with Crippen LogP contribution in [0.3, 0.4) is 0 Å². The lowest BCUT2D eigenvalue weighted by Gasteiger charge is -2.21. The fraction of sp³-hybridized carbons (Fsp3) is 0.759. The van der Waals surface area contributed by atoms with Crippen molar-refractivity contribution in [3.8, 4) is 0 Å². The molecule has 0 spiro atoms. The molecule has 10 nitrogen and oxygen atoms in total. The monoisotopic (exact) mass is 588 g/mol. The predicted molar refractivity (Wildman–Crippen MR) is 158 cm³/mol. The van der Waals surface area contributed by atoms with Gasteiger partial charge in [0.15, 0.2) is 0 Å². The lowest BCUT2D eigenvalue weighted by Crippen LogP contribution is -2.38. The molecule has 1 fully saturated rings. The molecule has 0 aromatic carbocycles. The Morgan fingerprint density at radius 3 is 2.25 bits per heavy atom. The van der Waals surface area contributed by atoms with Gasteiger partial charge in [-0.05, 0) is 51.4 Å². The van der Waals surface area contributed by atoms with Crippen LogP contribution in [0.15, 0.2) is 36.5 Å². The number of carbonyl (C=O) groups excluding carboxylic acids is 1. The number of carbonyl (C=O) groups is 1. The van der Waals surface area contributed by atoms with Crippen molar-refractivity contribution in [2.75, 3.05) is 25.9 Å². The highest BCUT2D eigenvalue weighted by Crippen LogP contribution is 2.43. The minimum absolute atomic E-state index is 0.0442. The number of amides is 1. The van der Waals surface area contributed by atoms with Crippen LogP contribution < -0.4 is 10.6 Å². The van der Waals surface area contributed by atoms with Crippen molar-refractivity contribution < 1.29 is 39.2 Å². The number of allylic oxidation sites excluding steroid dienone is 6. The van der Waals surface area contributed by atoms with Crippen molar-refractivity contribution in [1.82, 2.24) is 10.6 Å². The predicted octanol–water partition coefficient (Wildman–Crippen LogP) is 3.09. The van der Waals surface area contributed by atoms with Crippen LogP contribution in [0.25, 0.3) is 0 Å². The fourth-order valence-electron chi connectivity index (χ4n) is 4.50. The zero-order chi connectivity index (χ0) is 29.6. The molecule has 0 aliphatic carbocycles. The third-order valence-electron chi connectivity index (χ3n) is 6.76. The molecular weight excluding hydrogens is 535 g/mol. The second-order valence-electron chi connectivity index (χ2n) is 10.4. The first-order chi connectivity index (χ1) is 19.2. The Kier molecular flexibility index (Phi) is 20.4. The number of hydrogen-bond acceptors (Lipinski definition) is 8. The molecule has 1 aliphatic heterocycles. The van der Waals surface area contributed by atoms with Gasteiger partial charge in [0.1, 0.15) is 0 Å². The quantitative estimate of drug-likeness (QED) is 0.0539. The molecule has 1 unspecified atom stereocenters. The minimum Gasteiger partial charge on any atom is -0.395 e.